The molecule has 37 heavy (non-hydrogen) atoms. The molecule has 1 fully saturated rings. The standard InChI is InChI=1S/C25H38N4O7S/c1-6-16-22(32)29-21(14(4)5)25(35)36-15-9-7-8-10-37-19(31)12-17(23(33)26-16)27-24(34)20(13(2)3)28-18(30)11-15/h6-7,9,13-15,17,19-21,31H,8,10-12H2,1-5H3,(H,26,33)(H,27,34)(H,28,30)(H,29,32)/b9-7+,16-6-/t15-,17-,19+,20-,21?/m1/s1. The number of thioether (sulfide) groups is 1. The number of carbonyl (C=O) groups excluding carboxylic acids is 5. The lowest BCUT2D eigenvalue weighted by Gasteiger charge is -2.28. The Morgan fingerprint density at radius 1 is 1.00 bits per heavy atom. The van der Waals surface area contributed by atoms with Gasteiger partial charge in [0.15, 0.2) is 0 Å². The zero-order chi connectivity index (χ0) is 27.7. The average Bonchev–Trinajstić information content (AvgIpc) is 2.81. The number of carbonyl (C=O) groups is 5. The van der Waals surface area contributed by atoms with Gasteiger partial charge in [0.05, 0.1) is 6.42 Å². The van der Waals surface area contributed by atoms with Gasteiger partial charge in [0, 0.05) is 6.42 Å². The molecule has 0 aromatic carbocycles. The minimum Gasteiger partial charge on any atom is -0.456 e. The first-order valence-corrected chi connectivity index (χ1v) is 13.5. The molecule has 0 aliphatic carbocycles. The number of fused-ring (bicyclic) bond motifs is 7. The Morgan fingerprint density at radius 3 is 2.30 bits per heavy atom. The first-order chi connectivity index (χ1) is 17.4. The highest BCUT2D eigenvalue weighted by atomic mass is 32.2. The van der Waals surface area contributed by atoms with Crippen LogP contribution in [0.2, 0.25) is 0 Å². The van der Waals surface area contributed by atoms with E-state index in [4.69, 9.17) is 4.74 Å². The van der Waals surface area contributed by atoms with Crippen molar-refractivity contribution in [3.05, 3.63) is 23.9 Å². The third kappa shape index (κ3) is 9.19. The molecule has 2 rings (SSSR count). The zero-order valence-corrected chi connectivity index (χ0v) is 22.7. The Balaban J connectivity index is 2.59. The average molecular weight is 539 g/mol. The van der Waals surface area contributed by atoms with Crippen LogP contribution in [0.5, 0.6) is 0 Å². The van der Waals surface area contributed by atoms with E-state index in [0.717, 1.165) is 0 Å². The van der Waals surface area contributed by atoms with E-state index in [0.29, 0.717) is 12.2 Å². The maximum Gasteiger partial charge on any atom is 0.329 e. The molecule has 12 heteroatoms. The summed E-state index contributed by atoms with van der Waals surface area (Å²) in [6, 6.07) is -3.22. The second kappa shape index (κ2) is 14.2. The first kappa shape index (κ1) is 30.4. The van der Waals surface area contributed by atoms with Crippen LogP contribution in [-0.2, 0) is 28.7 Å². The summed E-state index contributed by atoms with van der Waals surface area (Å²) in [7, 11) is 0. The smallest absolute Gasteiger partial charge is 0.329 e. The largest absolute Gasteiger partial charge is 0.456 e. The predicted molar refractivity (Wildman–Crippen MR) is 139 cm³/mol. The molecule has 2 heterocycles. The van der Waals surface area contributed by atoms with E-state index >= 15 is 0 Å². The molecule has 11 nitrogen and oxygen atoms in total. The van der Waals surface area contributed by atoms with Gasteiger partial charge < -0.3 is 31.1 Å². The van der Waals surface area contributed by atoms with Gasteiger partial charge in [0.25, 0.3) is 5.91 Å². The van der Waals surface area contributed by atoms with Crippen molar-refractivity contribution in [3.63, 3.8) is 0 Å². The Labute approximate surface area is 221 Å². The van der Waals surface area contributed by atoms with Gasteiger partial charge >= 0.3 is 5.97 Å². The number of ether oxygens (including phenoxy) is 1. The summed E-state index contributed by atoms with van der Waals surface area (Å²) in [6.07, 6.45) is 3.92. The fraction of sp³-hybridized carbons (Fsp3) is 0.640. The van der Waals surface area contributed by atoms with E-state index in [9.17, 15) is 29.1 Å². The fourth-order valence-corrected chi connectivity index (χ4v) is 4.67. The van der Waals surface area contributed by atoms with Crippen molar-refractivity contribution < 1.29 is 33.8 Å². The number of nitrogens with one attached hydrogen (secondary N) is 4. The highest BCUT2D eigenvalue weighted by Gasteiger charge is 2.34. The Bertz CT molecular complexity index is 934. The van der Waals surface area contributed by atoms with Crippen molar-refractivity contribution in [3.8, 4) is 0 Å². The van der Waals surface area contributed by atoms with Crippen molar-refractivity contribution in [2.75, 3.05) is 5.75 Å². The Morgan fingerprint density at radius 2 is 1.68 bits per heavy atom. The Kier molecular flexibility index (Phi) is 11.6. The molecule has 0 saturated carbocycles. The molecule has 0 spiro atoms. The van der Waals surface area contributed by atoms with Crippen molar-refractivity contribution in [2.24, 2.45) is 11.8 Å². The van der Waals surface area contributed by atoms with E-state index in [1.165, 1.54) is 17.8 Å². The normalized spacial score (nSPS) is 31.2. The molecule has 0 aromatic heterocycles. The van der Waals surface area contributed by atoms with Crippen LogP contribution in [0.4, 0.5) is 0 Å². The van der Waals surface area contributed by atoms with E-state index in [2.05, 4.69) is 21.3 Å². The molecule has 0 radical (unpaired) electrons. The van der Waals surface area contributed by atoms with E-state index < -0.39 is 59.3 Å². The topological polar surface area (TPSA) is 163 Å². The first-order valence-electron chi connectivity index (χ1n) is 12.5. The maximum atomic E-state index is 13.2. The van der Waals surface area contributed by atoms with Gasteiger partial charge in [0.2, 0.25) is 17.7 Å². The van der Waals surface area contributed by atoms with E-state index in [1.54, 1.807) is 46.8 Å². The number of aliphatic hydroxyl groups excluding tert-OH is 1. The second-order valence-electron chi connectivity index (χ2n) is 9.69. The van der Waals surface area contributed by atoms with Gasteiger partial charge in [-0.25, -0.2) is 4.79 Å². The molecule has 206 valence electrons. The summed E-state index contributed by atoms with van der Waals surface area (Å²) >= 11 is 1.19. The second-order valence-corrected chi connectivity index (χ2v) is 11.0. The predicted octanol–water partition coefficient (Wildman–Crippen LogP) is 0.490. The summed E-state index contributed by atoms with van der Waals surface area (Å²) in [4.78, 5) is 65.3. The molecule has 2 aliphatic rings. The van der Waals surface area contributed by atoms with Crippen LogP contribution in [0, 0.1) is 11.8 Å². The number of amides is 4. The number of rotatable bonds is 2. The minimum absolute atomic E-state index is 0.119. The van der Waals surface area contributed by atoms with E-state index in [1.807, 2.05) is 0 Å². The summed E-state index contributed by atoms with van der Waals surface area (Å²) in [5, 5.41) is 21.0. The van der Waals surface area contributed by atoms with Crippen LogP contribution in [-0.4, -0.2) is 70.1 Å². The van der Waals surface area contributed by atoms with Crippen molar-refractivity contribution in [2.45, 2.75) is 83.5 Å². The minimum atomic E-state index is -1.19. The van der Waals surface area contributed by atoms with Crippen LogP contribution >= 0.6 is 11.8 Å². The molecule has 5 N–H and O–H groups in total. The lowest BCUT2D eigenvalue weighted by atomic mass is 10.0. The molecule has 2 bridgehead atoms. The molecular weight excluding hydrogens is 500 g/mol. The molecule has 2 aliphatic heterocycles. The van der Waals surface area contributed by atoms with Gasteiger partial charge in [-0.1, -0.05) is 39.8 Å². The number of aliphatic hydroxyl groups is 1. The van der Waals surface area contributed by atoms with Crippen LogP contribution in [0.15, 0.2) is 23.9 Å². The quantitative estimate of drug-likeness (QED) is 0.193. The Hall–Kier alpha value is -2.86. The van der Waals surface area contributed by atoms with Crippen LogP contribution in [0.1, 0.15) is 53.9 Å². The number of esters is 1. The monoisotopic (exact) mass is 538 g/mol. The number of allylic oxidation sites excluding steroid dienone is 2. The van der Waals surface area contributed by atoms with Crippen molar-refractivity contribution >= 4 is 41.4 Å². The van der Waals surface area contributed by atoms with Crippen molar-refractivity contribution in [1.29, 1.82) is 0 Å². The lowest BCUT2D eigenvalue weighted by Crippen LogP contribution is -2.57. The van der Waals surface area contributed by atoms with Gasteiger partial charge in [0.1, 0.15) is 35.4 Å². The summed E-state index contributed by atoms with van der Waals surface area (Å²) in [5.41, 5.74) is -1.11. The van der Waals surface area contributed by atoms with E-state index in [-0.39, 0.29) is 30.4 Å². The third-order valence-corrected chi connectivity index (χ3v) is 6.98. The van der Waals surface area contributed by atoms with Gasteiger partial charge in [-0.05, 0) is 37.0 Å². The summed E-state index contributed by atoms with van der Waals surface area (Å²) < 4.78 is 5.63. The van der Waals surface area contributed by atoms with Gasteiger partial charge in [-0.15, -0.1) is 11.8 Å². The zero-order valence-electron chi connectivity index (χ0n) is 21.9. The van der Waals surface area contributed by atoms with Gasteiger partial charge in [-0.2, -0.15) is 0 Å². The van der Waals surface area contributed by atoms with Crippen LogP contribution in [0.25, 0.3) is 0 Å². The molecule has 1 saturated heterocycles. The van der Waals surface area contributed by atoms with Crippen molar-refractivity contribution in [1.82, 2.24) is 21.3 Å². The maximum absolute atomic E-state index is 13.2. The third-order valence-electron chi connectivity index (χ3n) is 5.93. The highest BCUT2D eigenvalue weighted by molar-refractivity contribution is 7.99. The molecule has 5 atom stereocenters. The van der Waals surface area contributed by atoms with Crippen LogP contribution < -0.4 is 21.3 Å². The summed E-state index contributed by atoms with van der Waals surface area (Å²) in [5.74, 6) is -3.50. The van der Waals surface area contributed by atoms with Crippen LogP contribution in [0.3, 0.4) is 0 Å². The molecule has 4 amide bonds. The van der Waals surface area contributed by atoms with Gasteiger partial charge in [-0.3, -0.25) is 19.2 Å². The number of hydrogen-bond acceptors (Lipinski definition) is 8. The molecule has 1 unspecified atom stereocenters. The fourth-order valence-electron chi connectivity index (χ4n) is 3.80. The molecule has 0 aromatic rings. The lowest BCUT2D eigenvalue weighted by molar-refractivity contribution is -0.153. The molecular formula is C25H38N4O7S. The highest BCUT2D eigenvalue weighted by Crippen LogP contribution is 2.18. The SMILES string of the molecule is C/C=C1\NC(=O)[C@H]2C[C@@H](O)SCC/C=C/[C@H](CC(=O)N[C@H](C(C)C)C(=O)N2)OC(=O)C(C(C)C)NC1=O. The summed E-state index contributed by atoms with van der Waals surface area (Å²) in [6.45, 7) is 8.49. The number of hydrogen-bond donors (Lipinski definition) is 5.